The Morgan fingerprint density at radius 2 is 1.39 bits per heavy atom. The number of ketones is 1. The zero-order valence-corrected chi connectivity index (χ0v) is 21.3. The molecule has 0 aromatic heterocycles. The van der Waals surface area contributed by atoms with Crippen LogP contribution in [0.4, 0.5) is 0 Å². The Hall–Kier alpha value is 0.280. The van der Waals surface area contributed by atoms with Crippen LogP contribution in [0.1, 0.15) is 98.2 Å². The number of hydrogen-bond acceptors (Lipinski definition) is 5. The first-order valence-electron chi connectivity index (χ1n) is 10.7. The van der Waals surface area contributed by atoms with E-state index in [9.17, 15) is 13.2 Å². The van der Waals surface area contributed by atoms with Crippen molar-refractivity contribution in [3.8, 4) is 0 Å². The summed E-state index contributed by atoms with van der Waals surface area (Å²) in [4.78, 5) is 12.0. The molecule has 0 saturated carbocycles. The molecule has 0 radical (unpaired) electrons. The van der Waals surface area contributed by atoms with Crippen LogP contribution in [0.15, 0.2) is 12.2 Å². The summed E-state index contributed by atoms with van der Waals surface area (Å²) < 4.78 is 27.6. The van der Waals surface area contributed by atoms with Crippen molar-refractivity contribution in [2.75, 3.05) is 13.7 Å². The van der Waals surface area contributed by atoms with Gasteiger partial charge in [-0.3, -0.25) is 8.98 Å². The van der Waals surface area contributed by atoms with Crippen LogP contribution in [0.2, 0.25) is 0 Å². The van der Waals surface area contributed by atoms with Crippen LogP contribution >= 0.6 is 0 Å². The molecule has 0 aromatic rings. The topological polar surface area (TPSA) is 86.5 Å². The van der Waals surface area contributed by atoms with Crippen molar-refractivity contribution in [3.63, 3.8) is 0 Å². The second kappa shape index (κ2) is 20.5. The third-order valence-electron chi connectivity index (χ3n) is 4.84. The van der Waals surface area contributed by atoms with Gasteiger partial charge in [0.05, 0.1) is 7.11 Å². The first kappa shape index (κ1) is 30.5. The molecule has 7 heteroatoms. The molecule has 2 N–H and O–H groups in total. The molecule has 1 unspecified atom stereocenters. The number of carbonyl (C=O) groups is 1. The number of unbranched alkanes of at least 4 members (excludes halogenated alkanes) is 11. The number of rotatable bonds is 19. The summed E-state index contributed by atoms with van der Waals surface area (Å²) in [6.45, 7) is 2.02. The van der Waals surface area contributed by atoms with Crippen LogP contribution < -0.4 is 35.3 Å². The quantitative estimate of drug-likeness (QED) is 0.147. The molecular weight excluding hydrogens is 385 g/mol. The van der Waals surface area contributed by atoms with Gasteiger partial charge in [0.25, 0.3) is 10.1 Å². The van der Waals surface area contributed by atoms with Crippen LogP contribution in [0.25, 0.3) is 0 Å². The summed E-state index contributed by atoms with van der Waals surface area (Å²) in [6, 6.07) is 0. The molecule has 5 nitrogen and oxygen atoms in total. The Kier molecular flexibility index (Phi) is 22.4. The molecule has 0 spiro atoms. The number of carbonyl (C=O) groups excluding carboxylic acids is 1. The van der Waals surface area contributed by atoms with Gasteiger partial charge in [0.1, 0.15) is 0 Å². The zero-order chi connectivity index (χ0) is 20.4. The third kappa shape index (κ3) is 16.1. The predicted molar refractivity (Wildman–Crippen MR) is 114 cm³/mol. The normalized spacial score (nSPS) is 12.8. The average Bonchev–Trinajstić information content (AvgIpc) is 2.65. The molecule has 0 aliphatic heterocycles. The molecule has 0 aromatic carbocycles. The SMILES string of the molecule is CCCCCCCC/C=C\CCCCCCCC(=O)C(CN)S(=O)(=O)OC.[H-].[Na+]. The van der Waals surface area contributed by atoms with E-state index in [1.54, 1.807) is 0 Å². The van der Waals surface area contributed by atoms with Crippen molar-refractivity contribution in [2.45, 2.75) is 102 Å². The van der Waals surface area contributed by atoms with E-state index < -0.39 is 15.4 Å². The number of hydrogen-bond donors (Lipinski definition) is 1. The second-order valence-electron chi connectivity index (χ2n) is 7.18. The first-order valence-corrected chi connectivity index (χ1v) is 12.1. The Balaban J connectivity index is -0.00000338. The van der Waals surface area contributed by atoms with Gasteiger partial charge in [0.2, 0.25) is 0 Å². The maximum absolute atomic E-state index is 12.0. The van der Waals surface area contributed by atoms with Gasteiger partial charge in [-0.15, -0.1) is 0 Å². The van der Waals surface area contributed by atoms with E-state index in [-0.39, 0.29) is 49.7 Å². The molecule has 0 bridgehead atoms. The fraction of sp³-hybridized carbons (Fsp3) is 0.857. The van der Waals surface area contributed by atoms with Crippen LogP contribution in [0.3, 0.4) is 0 Å². The minimum atomic E-state index is -3.86. The van der Waals surface area contributed by atoms with E-state index in [0.717, 1.165) is 32.8 Å². The van der Waals surface area contributed by atoms with Crippen molar-refractivity contribution in [3.05, 3.63) is 12.2 Å². The molecular formula is C21H42NNaO4S. The molecule has 1 atom stereocenters. The first-order chi connectivity index (χ1) is 13.0. The Bertz CT molecular complexity index is 501. The van der Waals surface area contributed by atoms with E-state index >= 15 is 0 Å². The number of allylic oxidation sites excluding steroid dienone is 2. The van der Waals surface area contributed by atoms with Gasteiger partial charge >= 0.3 is 29.6 Å². The average molecular weight is 428 g/mol. The summed E-state index contributed by atoms with van der Waals surface area (Å²) in [5, 5.41) is -1.22. The Labute approximate surface area is 197 Å². The minimum Gasteiger partial charge on any atom is -1.00 e. The summed E-state index contributed by atoms with van der Waals surface area (Å²) in [5.41, 5.74) is 5.40. The van der Waals surface area contributed by atoms with Crippen LogP contribution in [-0.4, -0.2) is 33.1 Å². The molecule has 0 saturated heterocycles. The Morgan fingerprint density at radius 3 is 1.86 bits per heavy atom. The standard InChI is InChI=1S/C21H41NO4S.Na.H/c1-3-4-5-6-7-8-9-10-11-12-13-14-15-16-17-18-20(23)21(19-22)27(24,25)26-2;;/h10-11,21H,3-9,12-19,22H2,1-2H3;;/q;+1;-1/b11-10-;;. The summed E-state index contributed by atoms with van der Waals surface area (Å²) in [5.74, 6) is -0.336. The van der Waals surface area contributed by atoms with Gasteiger partial charge in [-0.05, 0) is 32.1 Å². The fourth-order valence-corrected chi connectivity index (χ4v) is 3.97. The predicted octanol–water partition coefficient (Wildman–Crippen LogP) is 2.01. The molecule has 0 amide bonds. The maximum atomic E-state index is 12.0. The Morgan fingerprint density at radius 1 is 0.929 bits per heavy atom. The van der Waals surface area contributed by atoms with E-state index in [1.165, 1.54) is 51.4 Å². The van der Waals surface area contributed by atoms with Crippen LogP contribution in [-0.2, 0) is 19.1 Å². The van der Waals surface area contributed by atoms with Crippen molar-refractivity contribution in [2.24, 2.45) is 5.73 Å². The third-order valence-corrected chi connectivity index (χ3v) is 6.46. The van der Waals surface area contributed by atoms with Gasteiger partial charge in [0, 0.05) is 13.0 Å². The van der Waals surface area contributed by atoms with Gasteiger partial charge in [-0.25, -0.2) is 0 Å². The van der Waals surface area contributed by atoms with E-state index in [2.05, 4.69) is 23.3 Å². The maximum Gasteiger partial charge on any atom is 1.00 e. The van der Waals surface area contributed by atoms with Crippen molar-refractivity contribution >= 4 is 15.9 Å². The van der Waals surface area contributed by atoms with Gasteiger partial charge in [-0.1, -0.05) is 70.4 Å². The van der Waals surface area contributed by atoms with Crippen LogP contribution in [0.5, 0.6) is 0 Å². The molecule has 0 heterocycles. The number of Topliss-reactive ketones (excluding diaryl/α,β-unsaturated/α-hetero) is 1. The summed E-state index contributed by atoms with van der Waals surface area (Å²) in [6.07, 6.45) is 20.3. The fourth-order valence-electron chi connectivity index (χ4n) is 3.06. The summed E-state index contributed by atoms with van der Waals surface area (Å²) in [7, 11) is -2.80. The number of nitrogens with two attached hydrogens (primary N) is 1. The van der Waals surface area contributed by atoms with E-state index in [0.29, 0.717) is 6.42 Å². The summed E-state index contributed by atoms with van der Waals surface area (Å²) >= 11 is 0. The minimum absolute atomic E-state index is 0. The molecule has 0 aliphatic carbocycles. The molecule has 0 aliphatic rings. The molecule has 28 heavy (non-hydrogen) atoms. The van der Waals surface area contributed by atoms with Crippen molar-refractivity contribution in [1.82, 2.24) is 0 Å². The van der Waals surface area contributed by atoms with Gasteiger partial charge < -0.3 is 7.16 Å². The monoisotopic (exact) mass is 427 g/mol. The van der Waals surface area contributed by atoms with Gasteiger partial charge in [-0.2, -0.15) is 8.42 Å². The smallest absolute Gasteiger partial charge is 1.00 e. The molecule has 0 fully saturated rings. The second-order valence-corrected chi connectivity index (χ2v) is 9.07. The zero-order valence-electron chi connectivity index (χ0n) is 19.5. The van der Waals surface area contributed by atoms with Gasteiger partial charge in [0.15, 0.2) is 11.0 Å². The molecule has 0 rings (SSSR count). The van der Waals surface area contributed by atoms with Crippen LogP contribution in [0, 0.1) is 0 Å². The van der Waals surface area contributed by atoms with Crippen molar-refractivity contribution < 1.29 is 48.4 Å². The van der Waals surface area contributed by atoms with E-state index in [1.807, 2.05) is 0 Å². The van der Waals surface area contributed by atoms with Crippen molar-refractivity contribution in [1.29, 1.82) is 0 Å². The largest absolute Gasteiger partial charge is 1.00 e. The molecule has 162 valence electrons. The van der Waals surface area contributed by atoms with E-state index in [4.69, 9.17) is 5.73 Å².